The fourth-order valence-electron chi connectivity index (χ4n) is 3.23. The summed E-state index contributed by atoms with van der Waals surface area (Å²) in [4.78, 5) is 10.7. The van der Waals surface area contributed by atoms with Crippen molar-refractivity contribution in [1.82, 2.24) is 19.7 Å². The van der Waals surface area contributed by atoms with Crippen LogP contribution in [0.1, 0.15) is 18.0 Å². The normalized spacial score (nSPS) is 21.3. The number of aliphatic hydroxyl groups is 1. The molecule has 1 N–H and O–H groups in total. The number of hydrogen-bond acceptors (Lipinski definition) is 5. The summed E-state index contributed by atoms with van der Waals surface area (Å²) < 4.78 is 14.9. The summed E-state index contributed by atoms with van der Waals surface area (Å²) in [5.74, 6) is 0.476. The maximum atomic E-state index is 13.2. The Bertz CT molecular complexity index is 847. The maximum absolute atomic E-state index is 13.2. The second kappa shape index (κ2) is 5.27. The van der Waals surface area contributed by atoms with Gasteiger partial charge >= 0.3 is 0 Å². The third-order valence-corrected chi connectivity index (χ3v) is 4.31. The smallest absolute Gasteiger partial charge is 0.163 e. The van der Waals surface area contributed by atoms with Crippen LogP contribution in [0.4, 0.5) is 10.2 Å². The van der Waals surface area contributed by atoms with E-state index in [0.29, 0.717) is 13.0 Å². The van der Waals surface area contributed by atoms with Gasteiger partial charge in [-0.15, -0.1) is 0 Å². The Kier molecular flexibility index (Phi) is 3.23. The number of benzene rings is 1. The quantitative estimate of drug-likeness (QED) is 0.781. The SMILES string of the molecule is Cn1ncc2c(N3C[C@@H](O)C[C@@H]3c3ccc(F)cc3)ncnc21. The molecule has 0 bridgehead atoms. The highest BCUT2D eigenvalue weighted by Crippen LogP contribution is 2.37. The molecule has 2 aromatic heterocycles. The van der Waals surface area contributed by atoms with Crippen LogP contribution in [0.2, 0.25) is 0 Å². The number of rotatable bonds is 2. The molecule has 3 heterocycles. The Morgan fingerprint density at radius 2 is 2.00 bits per heavy atom. The number of aryl methyl sites for hydroxylation is 1. The van der Waals surface area contributed by atoms with Crippen molar-refractivity contribution in [3.05, 3.63) is 48.2 Å². The van der Waals surface area contributed by atoms with E-state index in [0.717, 1.165) is 22.4 Å². The van der Waals surface area contributed by atoms with Gasteiger partial charge in [-0.1, -0.05) is 12.1 Å². The van der Waals surface area contributed by atoms with E-state index in [-0.39, 0.29) is 11.9 Å². The number of fused-ring (bicyclic) bond motifs is 1. The summed E-state index contributed by atoms with van der Waals surface area (Å²) in [6.45, 7) is 0.475. The van der Waals surface area contributed by atoms with Crippen LogP contribution in [-0.2, 0) is 7.05 Å². The summed E-state index contributed by atoms with van der Waals surface area (Å²) in [7, 11) is 1.83. The van der Waals surface area contributed by atoms with Crippen molar-refractivity contribution in [3.63, 3.8) is 0 Å². The van der Waals surface area contributed by atoms with Crippen LogP contribution in [-0.4, -0.2) is 37.5 Å². The van der Waals surface area contributed by atoms with Crippen molar-refractivity contribution in [2.24, 2.45) is 7.05 Å². The fraction of sp³-hybridized carbons (Fsp3) is 0.312. The Morgan fingerprint density at radius 1 is 1.22 bits per heavy atom. The van der Waals surface area contributed by atoms with Gasteiger partial charge in [-0.05, 0) is 24.1 Å². The molecule has 1 fully saturated rings. The molecule has 0 radical (unpaired) electrons. The lowest BCUT2D eigenvalue weighted by atomic mass is 10.0. The van der Waals surface area contributed by atoms with Gasteiger partial charge in [0.15, 0.2) is 5.65 Å². The Morgan fingerprint density at radius 3 is 2.78 bits per heavy atom. The van der Waals surface area contributed by atoms with Crippen molar-refractivity contribution in [1.29, 1.82) is 0 Å². The average Bonchev–Trinajstić information content (AvgIpc) is 3.12. The number of halogens is 1. The lowest BCUT2D eigenvalue weighted by molar-refractivity contribution is 0.194. The summed E-state index contributed by atoms with van der Waals surface area (Å²) in [6, 6.07) is 6.35. The molecule has 3 aromatic rings. The van der Waals surface area contributed by atoms with E-state index in [1.165, 1.54) is 18.5 Å². The number of aromatic nitrogens is 4. The zero-order valence-corrected chi connectivity index (χ0v) is 12.6. The van der Waals surface area contributed by atoms with Gasteiger partial charge < -0.3 is 10.0 Å². The Balaban J connectivity index is 1.80. The van der Waals surface area contributed by atoms with Gasteiger partial charge in [0.25, 0.3) is 0 Å². The van der Waals surface area contributed by atoms with Crippen molar-refractivity contribution < 1.29 is 9.50 Å². The van der Waals surface area contributed by atoms with Crippen LogP contribution >= 0.6 is 0 Å². The van der Waals surface area contributed by atoms with E-state index in [1.54, 1.807) is 23.0 Å². The molecule has 1 aliphatic rings. The second-order valence-corrected chi connectivity index (χ2v) is 5.81. The van der Waals surface area contributed by atoms with E-state index >= 15 is 0 Å². The van der Waals surface area contributed by atoms with E-state index in [1.807, 2.05) is 11.9 Å². The number of aliphatic hydroxyl groups excluding tert-OH is 1. The predicted molar refractivity (Wildman–Crippen MR) is 83.4 cm³/mol. The first-order valence-electron chi connectivity index (χ1n) is 7.46. The highest BCUT2D eigenvalue weighted by atomic mass is 19.1. The molecule has 2 atom stereocenters. The summed E-state index contributed by atoms with van der Waals surface area (Å²) in [5, 5.41) is 15.2. The van der Waals surface area contributed by atoms with Gasteiger partial charge in [-0.25, -0.2) is 14.4 Å². The predicted octanol–water partition coefficient (Wildman–Crippen LogP) is 1.81. The fourth-order valence-corrected chi connectivity index (χ4v) is 3.23. The van der Waals surface area contributed by atoms with Crippen molar-refractivity contribution in [3.8, 4) is 0 Å². The Hall–Kier alpha value is -2.54. The molecule has 1 aliphatic heterocycles. The van der Waals surface area contributed by atoms with Crippen LogP contribution in [0.5, 0.6) is 0 Å². The van der Waals surface area contributed by atoms with Gasteiger partial charge in [0.05, 0.1) is 23.7 Å². The Labute approximate surface area is 132 Å². The van der Waals surface area contributed by atoms with Crippen LogP contribution in [0.3, 0.4) is 0 Å². The molecule has 0 unspecified atom stereocenters. The lowest BCUT2D eigenvalue weighted by Gasteiger charge is -2.26. The molecule has 1 aromatic carbocycles. The van der Waals surface area contributed by atoms with Crippen LogP contribution in [0, 0.1) is 5.82 Å². The largest absolute Gasteiger partial charge is 0.391 e. The molecular weight excluding hydrogens is 297 g/mol. The highest BCUT2D eigenvalue weighted by Gasteiger charge is 2.34. The number of hydrogen-bond donors (Lipinski definition) is 1. The van der Waals surface area contributed by atoms with E-state index in [2.05, 4.69) is 15.1 Å². The minimum absolute atomic E-state index is 0.0519. The summed E-state index contributed by atoms with van der Waals surface area (Å²) >= 11 is 0. The molecular formula is C16H16FN5O. The van der Waals surface area contributed by atoms with Crippen molar-refractivity contribution >= 4 is 16.9 Å². The second-order valence-electron chi connectivity index (χ2n) is 5.81. The van der Waals surface area contributed by atoms with E-state index in [4.69, 9.17) is 0 Å². The van der Waals surface area contributed by atoms with Gasteiger partial charge in [-0.2, -0.15) is 5.10 Å². The van der Waals surface area contributed by atoms with Gasteiger partial charge in [-0.3, -0.25) is 4.68 Å². The minimum atomic E-state index is -0.452. The maximum Gasteiger partial charge on any atom is 0.163 e. The molecule has 0 amide bonds. The number of anilines is 1. The first-order chi connectivity index (χ1) is 11.1. The molecule has 23 heavy (non-hydrogen) atoms. The number of β-amino-alcohol motifs (C(OH)–C–C–N with tert-alkyl or cyclic N) is 1. The third kappa shape index (κ3) is 2.33. The summed E-state index contributed by atoms with van der Waals surface area (Å²) in [6.07, 6.45) is 3.37. The van der Waals surface area contributed by atoms with Gasteiger partial charge in [0.1, 0.15) is 18.0 Å². The zero-order chi connectivity index (χ0) is 16.0. The van der Waals surface area contributed by atoms with Crippen LogP contribution < -0.4 is 4.90 Å². The monoisotopic (exact) mass is 313 g/mol. The lowest BCUT2D eigenvalue weighted by Crippen LogP contribution is -2.25. The highest BCUT2D eigenvalue weighted by molar-refractivity contribution is 5.87. The molecule has 6 nitrogen and oxygen atoms in total. The number of nitrogens with zero attached hydrogens (tertiary/aromatic N) is 5. The first kappa shape index (κ1) is 14.1. The summed E-state index contributed by atoms with van der Waals surface area (Å²) in [5.41, 5.74) is 1.70. The van der Waals surface area contributed by atoms with Gasteiger partial charge in [0.2, 0.25) is 0 Å². The van der Waals surface area contributed by atoms with Gasteiger partial charge in [0, 0.05) is 13.6 Å². The van der Waals surface area contributed by atoms with Crippen molar-refractivity contribution in [2.75, 3.05) is 11.4 Å². The van der Waals surface area contributed by atoms with Crippen LogP contribution in [0.25, 0.3) is 11.0 Å². The van der Waals surface area contributed by atoms with E-state index < -0.39 is 6.10 Å². The van der Waals surface area contributed by atoms with E-state index in [9.17, 15) is 9.50 Å². The molecule has 0 spiro atoms. The van der Waals surface area contributed by atoms with Crippen molar-refractivity contribution in [2.45, 2.75) is 18.6 Å². The zero-order valence-electron chi connectivity index (χ0n) is 12.6. The third-order valence-electron chi connectivity index (χ3n) is 4.31. The molecule has 118 valence electrons. The first-order valence-corrected chi connectivity index (χ1v) is 7.46. The average molecular weight is 313 g/mol. The van der Waals surface area contributed by atoms with Crippen LogP contribution in [0.15, 0.2) is 36.8 Å². The topological polar surface area (TPSA) is 67.1 Å². The standard InChI is InChI=1S/C16H16FN5O/c1-21-15-13(7-20-21)16(19-9-18-15)22-8-12(23)6-14(22)10-2-4-11(17)5-3-10/h2-5,7,9,12,14,23H,6,8H2,1H3/t12-,14+/m0/s1. The molecule has 4 rings (SSSR count). The minimum Gasteiger partial charge on any atom is -0.391 e. The molecule has 7 heteroatoms. The molecule has 1 saturated heterocycles. The molecule has 0 saturated carbocycles. The molecule has 0 aliphatic carbocycles.